The maximum atomic E-state index is 9.90. The summed E-state index contributed by atoms with van der Waals surface area (Å²) in [5, 5.41) is 12.0. The van der Waals surface area contributed by atoms with Crippen molar-refractivity contribution in [1.29, 1.82) is 5.26 Å². The minimum absolute atomic E-state index is 0.291. The predicted molar refractivity (Wildman–Crippen MR) is 117 cm³/mol. The number of pyridine rings is 1. The van der Waals surface area contributed by atoms with Crippen molar-refractivity contribution in [3.05, 3.63) is 72.4 Å². The molecule has 0 atom stereocenters. The van der Waals surface area contributed by atoms with E-state index in [4.69, 9.17) is 9.15 Å². The van der Waals surface area contributed by atoms with Crippen molar-refractivity contribution in [3.63, 3.8) is 0 Å². The molecule has 0 radical (unpaired) electrons. The van der Waals surface area contributed by atoms with Crippen molar-refractivity contribution in [2.24, 2.45) is 0 Å². The van der Waals surface area contributed by atoms with Crippen LogP contribution in [0.4, 0.5) is 0 Å². The summed E-state index contributed by atoms with van der Waals surface area (Å²) in [4.78, 5) is 4.58. The third-order valence-electron chi connectivity index (χ3n) is 5.39. The van der Waals surface area contributed by atoms with E-state index in [-0.39, 0.29) is 0 Å². The molecule has 5 aromatic rings. The van der Waals surface area contributed by atoms with Crippen molar-refractivity contribution in [2.75, 3.05) is 7.11 Å². The summed E-state index contributed by atoms with van der Waals surface area (Å²) in [6, 6.07) is 22.2. The number of aromatic nitrogens is 2. The Morgan fingerprint density at radius 3 is 2.63 bits per heavy atom. The molecule has 3 heterocycles. The van der Waals surface area contributed by atoms with Crippen LogP contribution in [-0.2, 0) is 6.54 Å². The topological polar surface area (TPSA) is 64.0 Å². The minimum atomic E-state index is 0.291. The van der Waals surface area contributed by atoms with Gasteiger partial charge >= 0.3 is 0 Å². The Bertz CT molecular complexity index is 1400. The van der Waals surface area contributed by atoms with Crippen molar-refractivity contribution >= 4 is 21.9 Å². The molecule has 5 nitrogen and oxygen atoms in total. The van der Waals surface area contributed by atoms with E-state index in [1.807, 2.05) is 48.5 Å². The second kappa shape index (κ2) is 7.09. The first-order chi connectivity index (χ1) is 14.7. The van der Waals surface area contributed by atoms with Gasteiger partial charge in [-0.05, 0) is 31.2 Å². The van der Waals surface area contributed by atoms with Crippen LogP contribution in [0.2, 0.25) is 0 Å². The number of aryl methyl sites for hydroxylation is 1. The summed E-state index contributed by atoms with van der Waals surface area (Å²) in [6.07, 6.45) is 2.09. The third-order valence-corrected chi connectivity index (χ3v) is 5.39. The predicted octanol–water partition coefficient (Wildman–Crippen LogP) is 6.02. The van der Waals surface area contributed by atoms with E-state index in [0.717, 1.165) is 39.5 Å². The van der Waals surface area contributed by atoms with Gasteiger partial charge in [0.15, 0.2) is 5.76 Å². The number of nitriles is 1. The number of hydrogen-bond donors (Lipinski definition) is 0. The Hall–Kier alpha value is -4.04. The molecule has 0 aliphatic carbocycles. The summed E-state index contributed by atoms with van der Waals surface area (Å²) >= 11 is 0. The molecule has 0 saturated carbocycles. The minimum Gasteiger partial charge on any atom is -0.480 e. The lowest BCUT2D eigenvalue weighted by molar-refractivity contribution is 0.397. The highest BCUT2D eigenvalue weighted by Crippen LogP contribution is 2.38. The molecular formula is C25H19N3O2. The van der Waals surface area contributed by atoms with Crippen LogP contribution in [0, 0.1) is 11.3 Å². The molecule has 30 heavy (non-hydrogen) atoms. The fourth-order valence-corrected chi connectivity index (χ4v) is 3.95. The molecule has 146 valence electrons. The zero-order valence-electron chi connectivity index (χ0n) is 16.7. The highest BCUT2D eigenvalue weighted by atomic mass is 16.5. The van der Waals surface area contributed by atoms with Gasteiger partial charge in [0.1, 0.15) is 22.9 Å². The Balaban J connectivity index is 1.80. The zero-order valence-corrected chi connectivity index (χ0v) is 16.7. The van der Waals surface area contributed by atoms with Gasteiger partial charge in [-0.15, -0.1) is 0 Å². The van der Waals surface area contributed by atoms with Crippen LogP contribution in [-0.4, -0.2) is 16.7 Å². The van der Waals surface area contributed by atoms with Gasteiger partial charge in [-0.1, -0.05) is 36.4 Å². The maximum absolute atomic E-state index is 9.90. The van der Waals surface area contributed by atoms with Gasteiger partial charge in [-0.3, -0.25) is 0 Å². The molecule has 5 rings (SSSR count). The third kappa shape index (κ3) is 2.73. The number of rotatable bonds is 4. The molecule has 0 unspecified atom stereocenters. The molecule has 0 aliphatic heterocycles. The number of furan rings is 1. The Morgan fingerprint density at radius 2 is 1.87 bits per heavy atom. The standard InChI is InChI=1S/C25H19N3O2/c1-3-28-15-20(17-9-5-6-10-22(17)28)18-13-21(27-25(29-2)19(18)14-26)24-12-16-8-4-7-11-23(16)30-24/h4-13,15H,3H2,1-2H3. The van der Waals surface area contributed by atoms with E-state index in [9.17, 15) is 5.26 Å². The number of nitrogens with zero attached hydrogens (tertiary/aromatic N) is 3. The number of methoxy groups -OCH3 is 1. The highest BCUT2D eigenvalue weighted by Gasteiger charge is 2.20. The van der Waals surface area contributed by atoms with Gasteiger partial charge in [0.05, 0.1) is 7.11 Å². The Morgan fingerprint density at radius 1 is 1.07 bits per heavy atom. The second-order valence-corrected chi connectivity index (χ2v) is 7.05. The fraction of sp³-hybridized carbons (Fsp3) is 0.120. The van der Waals surface area contributed by atoms with Crippen molar-refractivity contribution < 1.29 is 9.15 Å². The van der Waals surface area contributed by atoms with E-state index >= 15 is 0 Å². The van der Waals surface area contributed by atoms with Gasteiger partial charge in [0, 0.05) is 40.2 Å². The molecule has 3 aromatic heterocycles. The van der Waals surface area contributed by atoms with Gasteiger partial charge in [0.2, 0.25) is 5.88 Å². The number of hydrogen-bond acceptors (Lipinski definition) is 4. The summed E-state index contributed by atoms with van der Waals surface area (Å²) in [7, 11) is 1.53. The van der Waals surface area contributed by atoms with Gasteiger partial charge in [-0.25, -0.2) is 4.98 Å². The first-order valence-corrected chi connectivity index (χ1v) is 9.79. The highest BCUT2D eigenvalue weighted by molar-refractivity contribution is 5.98. The smallest absolute Gasteiger partial charge is 0.232 e. The molecule has 0 bridgehead atoms. The molecule has 5 heteroatoms. The van der Waals surface area contributed by atoms with Crippen molar-refractivity contribution in [1.82, 2.24) is 9.55 Å². The summed E-state index contributed by atoms with van der Waals surface area (Å²) in [6.45, 7) is 2.94. The number of para-hydroxylation sites is 2. The fourth-order valence-electron chi connectivity index (χ4n) is 3.95. The Kier molecular flexibility index (Phi) is 4.26. The molecule has 0 aliphatic rings. The van der Waals surface area contributed by atoms with Crippen LogP contribution >= 0.6 is 0 Å². The van der Waals surface area contributed by atoms with Gasteiger partial charge in [0.25, 0.3) is 0 Å². The van der Waals surface area contributed by atoms with Crippen LogP contribution in [0.15, 0.2) is 71.3 Å². The lowest BCUT2D eigenvalue weighted by Crippen LogP contribution is -1.97. The largest absolute Gasteiger partial charge is 0.480 e. The zero-order chi connectivity index (χ0) is 20.7. The monoisotopic (exact) mass is 393 g/mol. The van der Waals surface area contributed by atoms with Crippen molar-refractivity contribution in [2.45, 2.75) is 13.5 Å². The van der Waals surface area contributed by atoms with E-state index in [1.54, 1.807) is 0 Å². The average Bonchev–Trinajstić information content (AvgIpc) is 3.39. The lowest BCUT2D eigenvalue weighted by Gasteiger charge is -2.10. The van der Waals surface area contributed by atoms with Gasteiger partial charge in [-0.2, -0.15) is 5.26 Å². The quantitative estimate of drug-likeness (QED) is 0.375. The van der Waals surface area contributed by atoms with Crippen LogP contribution in [0.25, 0.3) is 44.5 Å². The normalized spacial score (nSPS) is 11.1. The average molecular weight is 393 g/mol. The SMILES string of the molecule is CCn1cc(-c2cc(-c3cc4ccccc4o3)nc(OC)c2C#N)c2ccccc21. The summed E-state index contributed by atoms with van der Waals surface area (Å²) in [5.41, 5.74) is 4.72. The molecule has 0 fully saturated rings. The molecule has 2 aromatic carbocycles. The van der Waals surface area contributed by atoms with Crippen LogP contribution in [0.5, 0.6) is 5.88 Å². The molecule has 0 saturated heterocycles. The number of fused-ring (bicyclic) bond motifs is 2. The van der Waals surface area contributed by atoms with E-state index in [1.165, 1.54) is 7.11 Å². The Labute approximate surface area is 173 Å². The van der Waals surface area contributed by atoms with E-state index in [2.05, 4.69) is 40.9 Å². The van der Waals surface area contributed by atoms with Gasteiger partial charge < -0.3 is 13.7 Å². The molecular weight excluding hydrogens is 374 g/mol. The first kappa shape index (κ1) is 18.0. The summed E-state index contributed by atoms with van der Waals surface area (Å²) < 4.78 is 13.7. The maximum Gasteiger partial charge on any atom is 0.232 e. The molecule has 0 N–H and O–H groups in total. The van der Waals surface area contributed by atoms with Crippen LogP contribution in [0.3, 0.4) is 0 Å². The summed E-state index contributed by atoms with van der Waals surface area (Å²) in [5.74, 6) is 0.929. The second-order valence-electron chi connectivity index (χ2n) is 7.05. The van der Waals surface area contributed by atoms with E-state index in [0.29, 0.717) is 22.9 Å². The molecule has 0 amide bonds. The lowest BCUT2D eigenvalue weighted by atomic mass is 9.99. The number of ether oxygens (including phenoxy) is 1. The van der Waals surface area contributed by atoms with E-state index < -0.39 is 0 Å². The van der Waals surface area contributed by atoms with Crippen LogP contribution in [0.1, 0.15) is 12.5 Å². The molecule has 0 spiro atoms. The van der Waals surface area contributed by atoms with Crippen molar-refractivity contribution in [3.8, 4) is 34.5 Å². The van der Waals surface area contributed by atoms with Crippen LogP contribution < -0.4 is 4.74 Å². The number of benzene rings is 2. The first-order valence-electron chi connectivity index (χ1n) is 9.79.